The summed E-state index contributed by atoms with van der Waals surface area (Å²) in [4.78, 5) is 25.7. The number of likely N-dealkylation sites (N-methyl/N-ethyl adjacent to an activating group) is 1. The van der Waals surface area contributed by atoms with Crippen molar-refractivity contribution in [1.29, 1.82) is 0 Å². The molecule has 2 aromatic rings. The molecule has 0 fully saturated rings. The molecule has 2 aromatic carbocycles. The third-order valence-corrected chi connectivity index (χ3v) is 4.72. The van der Waals surface area contributed by atoms with Crippen molar-refractivity contribution >= 4 is 34.8 Å². The van der Waals surface area contributed by atoms with Gasteiger partial charge >= 0.3 is 0 Å². The van der Waals surface area contributed by atoms with E-state index in [0.29, 0.717) is 23.7 Å². The van der Waals surface area contributed by atoms with Crippen LogP contribution in [0.5, 0.6) is 5.75 Å². The zero-order chi connectivity index (χ0) is 20.7. The molecule has 0 bridgehead atoms. The monoisotopic (exact) mass is 408 g/mol. The Kier molecular flexibility index (Phi) is 7.78. The molecule has 6 nitrogen and oxygen atoms in total. The van der Waals surface area contributed by atoms with Gasteiger partial charge < -0.3 is 20.3 Å². The molecule has 0 aliphatic carbocycles. The summed E-state index contributed by atoms with van der Waals surface area (Å²) in [6.07, 6.45) is 0. The number of anilines is 2. The van der Waals surface area contributed by atoms with Gasteiger partial charge in [-0.05, 0) is 56.3 Å². The van der Waals surface area contributed by atoms with Gasteiger partial charge in [-0.2, -0.15) is 0 Å². The largest absolute Gasteiger partial charge is 0.497 e. The van der Waals surface area contributed by atoms with Crippen molar-refractivity contribution in [2.45, 2.75) is 19.9 Å². The van der Waals surface area contributed by atoms with Crippen molar-refractivity contribution in [1.82, 2.24) is 0 Å². The second-order valence-corrected chi connectivity index (χ2v) is 6.71. The Labute approximate surface area is 168 Å². The van der Waals surface area contributed by atoms with Crippen LogP contribution in [-0.2, 0) is 9.59 Å². The van der Waals surface area contributed by atoms with E-state index in [9.17, 15) is 14.0 Å². The van der Waals surface area contributed by atoms with Crippen LogP contribution in [-0.4, -0.2) is 38.1 Å². The maximum atomic E-state index is 13.1. The summed E-state index contributed by atoms with van der Waals surface area (Å²) >= 11 is 5.95. The number of rotatable bonds is 8. The smallest absolute Gasteiger partial charge is 0.282 e. The van der Waals surface area contributed by atoms with Crippen LogP contribution in [0, 0.1) is 5.82 Å². The minimum absolute atomic E-state index is 0.119. The van der Waals surface area contributed by atoms with Crippen LogP contribution in [0.2, 0.25) is 5.02 Å². The van der Waals surface area contributed by atoms with Crippen LogP contribution < -0.4 is 20.3 Å². The van der Waals surface area contributed by atoms with Gasteiger partial charge in [0.05, 0.1) is 24.4 Å². The van der Waals surface area contributed by atoms with Crippen molar-refractivity contribution in [3.63, 3.8) is 0 Å². The van der Waals surface area contributed by atoms with E-state index in [-0.39, 0.29) is 23.4 Å². The fourth-order valence-corrected chi connectivity index (χ4v) is 2.90. The Morgan fingerprint density at radius 1 is 1.18 bits per heavy atom. The summed E-state index contributed by atoms with van der Waals surface area (Å²) in [6, 6.07) is 10.3. The molecule has 2 amide bonds. The summed E-state index contributed by atoms with van der Waals surface area (Å²) in [5.41, 5.74) is 0.981. The molecule has 0 aliphatic rings. The van der Waals surface area contributed by atoms with Crippen LogP contribution in [0.25, 0.3) is 0 Å². The number of benzene rings is 2. The molecular weight excluding hydrogens is 385 g/mol. The average Bonchev–Trinajstić information content (AvgIpc) is 2.68. The van der Waals surface area contributed by atoms with Gasteiger partial charge in [0.25, 0.3) is 11.8 Å². The first-order valence-electron chi connectivity index (χ1n) is 8.88. The molecule has 0 aliphatic heterocycles. The molecule has 0 heterocycles. The molecular formula is C20H24ClFN3O3+. The number of ether oxygens (including phenoxy) is 1. The third kappa shape index (κ3) is 5.94. The molecule has 150 valence electrons. The number of amides is 2. The lowest BCUT2D eigenvalue weighted by atomic mass is 10.2. The van der Waals surface area contributed by atoms with E-state index in [4.69, 9.17) is 16.3 Å². The van der Waals surface area contributed by atoms with E-state index in [1.807, 2.05) is 6.92 Å². The van der Waals surface area contributed by atoms with Crippen LogP contribution in [0.1, 0.15) is 13.8 Å². The fourth-order valence-electron chi connectivity index (χ4n) is 2.69. The highest BCUT2D eigenvalue weighted by Crippen LogP contribution is 2.22. The van der Waals surface area contributed by atoms with Crippen molar-refractivity contribution in [2.75, 3.05) is 30.8 Å². The van der Waals surface area contributed by atoms with E-state index < -0.39 is 11.9 Å². The lowest BCUT2D eigenvalue weighted by Gasteiger charge is -2.23. The lowest BCUT2D eigenvalue weighted by molar-refractivity contribution is -0.904. The maximum Gasteiger partial charge on any atom is 0.282 e. The topological polar surface area (TPSA) is 71.9 Å². The minimum atomic E-state index is -0.507. The molecule has 2 atom stereocenters. The highest BCUT2D eigenvalue weighted by molar-refractivity contribution is 6.33. The Hall–Kier alpha value is -2.64. The Morgan fingerprint density at radius 3 is 2.43 bits per heavy atom. The predicted octanol–water partition coefficient (Wildman–Crippen LogP) is 2.36. The number of quaternary nitrogens is 1. The molecule has 1 unspecified atom stereocenters. The SMILES string of the molecule is CC[NH+](CC(=O)Nc1ccc(OC)cc1)[C@@H](C)C(=O)Nc1ccc(F)cc1Cl. The number of halogens is 2. The average molecular weight is 409 g/mol. The van der Waals surface area contributed by atoms with Gasteiger partial charge in [0.1, 0.15) is 11.6 Å². The number of carbonyl (C=O) groups excluding carboxylic acids is 2. The molecule has 0 aromatic heterocycles. The van der Waals surface area contributed by atoms with Gasteiger partial charge in [0, 0.05) is 5.69 Å². The highest BCUT2D eigenvalue weighted by Gasteiger charge is 2.26. The minimum Gasteiger partial charge on any atom is -0.497 e. The highest BCUT2D eigenvalue weighted by atomic mass is 35.5. The summed E-state index contributed by atoms with van der Waals surface area (Å²) in [7, 11) is 1.57. The van der Waals surface area contributed by atoms with Gasteiger partial charge in [-0.15, -0.1) is 0 Å². The standard InChI is InChI=1S/C20H23ClFN3O3/c1-4-25(12-19(26)23-15-6-8-16(28-3)9-7-15)13(2)20(27)24-18-10-5-14(22)11-17(18)21/h5-11,13H,4,12H2,1-3H3,(H,23,26)(H,24,27)/p+1/t13-/m0/s1. The summed E-state index contributed by atoms with van der Waals surface area (Å²) in [5, 5.41) is 5.61. The summed E-state index contributed by atoms with van der Waals surface area (Å²) < 4.78 is 18.2. The zero-order valence-electron chi connectivity index (χ0n) is 16.0. The van der Waals surface area contributed by atoms with E-state index in [1.54, 1.807) is 38.3 Å². The molecule has 0 saturated heterocycles. The Balaban J connectivity index is 1.96. The third-order valence-electron chi connectivity index (χ3n) is 4.41. The first-order chi connectivity index (χ1) is 13.3. The fraction of sp³-hybridized carbons (Fsp3) is 0.300. The molecule has 28 heavy (non-hydrogen) atoms. The molecule has 8 heteroatoms. The summed E-state index contributed by atoms with van der Waals surface area (Å²) in [6.45, 7) is 4.31. The van der Waals surface area contributed by atoms with Crippen LogP contribution in [0.3, 0.4) is 0 Å². The second-order valence-electron chi connectivity index (χ2n) is 6.30. The van der Waals surface area contributed by atoms with Crippen LogP contribution in [0.15, 0.2) is 42.5 Å². The molecule has 0 radical (unpaired) electrons. The quantitative estimate of drug-likeness (QED) is 0.628. The van der Waals surface area contributed by atoms with Gasteiger partial charge in [0.15, 0.2) is 12.6 Å². The first-order valence-corrected chi connectivity index (χ1v) is 9.26. The second kappa shape index (κ2) is 10.1. The van der Waals surface area contributed by atoms with E-state index >= 15 is 0 Å². The van der Waals surface area contributed by atoms with E-state index in [1.165, 1.54) is 12.1 Å². The Bertz CT molecular complexity index is 830. The van der Waals surface area contributed by atoms with Crippen LogP contribution >= 0.6 is 11.6 Å². The molecule has 3 N–H and O–H groups in total. The number of nitrogens with one attached hydrogen (secondary N) is 3. The summed E-state index contributed by atoms with van der Waals surface area (Å²) in [5.74, 6) is -0.292. The van der Waals surface area contributed by atoms with Crippen molar-refractivity contribution < 1.29 is 23.6 Å². The zero-order valence-corrected chi connectivity index (χ0v) is 16.8. The number of hydrogen-bond acceptors (Lipinski definition) is 3. The van der Waals surface area contributed by atoms with Gasteiger partial charge in [-0.25, -0.2) is 4.39 Å². The number of hydrogen-bond donors (Lipinski definition) is 3. The van der Waals surface area contributed by atoms with Crippen molar-refractivity contribution in [3.05, 3.63) is 53.3 Å². The Morgan fingerprint density at radius 2 is 1.86 bits per heavy atom. The number of carbonyl (C=O) groups is 2. The normalized spacial score (nSPS) is 12.8. The van der Waals surface area contributed by atoms with E-state index in [0.717, 1.165) is 11.0 Å². The van der Waals surface area contributed by atoms with Crippen LogP contribution in [0.4, 0.5) is 15.8 Å². The predicted molar refractivity (Wildman–Crippen MR) is 107 cm³/mol. The number of methoxy groups -OCH3 is 1. The van der Waals surface area contributed by atoms with Crippen molar-refractivity contribution in [3.8, 4) is 5.75 Å². The van der Waals surface area contributed by atoms with Gasteiger partial charge in [-0.1, -0.05) is 11.6 Å². The molecule has 0 saturated carbocycles. The van der Waals surface area contributed by atoms with Crippen molar-refractivity contribution in [2.24, 2.45) is 0 Å². The van der Waals surface area contributed by atoms with Gasteiger partial charge in [-0.3, -0.25) is 9.59 Å². The van der Waals surface area contributed by atoms with E-state index in [2.05, 4.69) is 10.6 Å². The molecule has 2 rings (SSSR count). The first kappa shape index (κ1) is 21.7. The van der Waals surface area contributed by atoms with Gasteiger partial charge in [0.2, 0.25) is 0 Å². The molecule has 0 spiro atoms. The maximum absolute atomic E-state index is 13.1. The lowest BCUT2D eigenvalue weighted by Crippen LogP contribution is -3.17.